The van der Waals surface area contributed by atoms with Crippen LogP contribution in [0.25, 0.3) is 21.8 Å². The summed E-state index contributed by atoms with van der Waals surface area (Å²) in [7, 11) is 0. The van der Waals surface area contributed by atoms with Gasteiger partial charge in [-0.15, -0.1) is 0 Å². The van der Waals surface area contributed by atoms with E-state index >= 15 is 0 Å². The first kappa shape index (κ1) is 22.8. The van der Waals surface area contributed by atoms with Crippen LogP contribution in [-0.2, 0) is 13.1 Å². The van der Waals surface area contributed by atoms with Gasteiger partial charge < -0.3 is 20.2 Å². The highest BCUT2D eigenvalue weighted by atomic mass is 16.4. The van der Waals surface area contributed by atoms with E-state index in [4.69, 9.17) is 5.11 Å². The Kier molecular flexibility index (Phi) is 5.92. The molecule has 0 bridgehead atoms. The molecule has 0 saturated carbocycles. The van der Waals surface area contributed by atoms with Crippen molar-refractivity contribution in [3.05, 3.63) is 107 Å². The van der Waals surface area contributed by atoms with Crippen molar-refractivity contribution in [1.29, 1.82) is 0 Å². The van der Waals surface area contributed by atoms with E-state index in [0.29, 0.717) is 29.7 Å². The summed E-state index contributed by atoms with van der Waals surface area (Å²) in [6.45, 7) is 1.16. The van der Waals surface area contributed by atoms with E-state index in [1.54, 1.807) is 41.4 Å². The molecule has 0 saturated heterocycles. The van der Waals surface area contributed by atoms with Gasteiger partial charge in [-0.05, 0) is 35.4 Å². The number of aromatic nitrogens is 2. The van der Waals surface area contributed by atoms with Gasteiger partial charge in [-0.25, -0.2) is 4.79 Å². The van der Waals surface area contributed by atoms with Gasteiger partial charge in [0.25, 0.3) is 5.91 Å². The summed E-state index contributed by atoms with van der Waals surface area (Å²) in [5, 5.41) is 30.2. The van der Waals surface area contributed by atoms with Crippen molar-refractivity contribution in [2.24, 2.45) is 0 Å². The Hall–Kier alpha value is -4.98. The third-order valence-corrected chi connectivity index (χ3v) is 6.08. The second kappa shape index (κ2) is 9.34. The molecule has 8 heteroatoms. The van der Waals surface area contributed by atoms with Crippen LogP contribution in [0.5, 0.6) is 11.5 Å². The number of carboxylic acids is 1. The first-order valence-corrected chi connectivity index (χ1v) is 11.2. The zero-order chi connectivity index (χ0) is 25.2. The Labute approximate surface area is 205 Å². The van der Waals surface area contributed by atoms with Crippen LogP contribution < -0.4 is 0 Å². The van der Waals surface area contributed by atoms with Crippen molar-refractivity contribution in [1.82, 2.24) is 14.9 Å². The number of nitrogens with zero attached hydrogens (tertiary/aromatic N) is 3. The average Bonchev–Trinajstić information content (AvgIpc) is 3.34. The van der Waals surface area contributed by atoms with Crippen LogP contribution in [0.3, 0.4) is 0 Å². The Bertz CT molecular complexity index is 1610. The minimum atomic E-state index is -1.16. The van der Waals surface area contributed by atoms with Gasteiger partial charge >= 0.3 is 5.97 Å². The third-order valence-electron chi connectivity index (χ3n) is 6.08. The Morgan fingerprint density at radius 1 is 0.667 bits per heavy atom. The summed E-state index contributed by atoms with van der Waals surface area (Å²) in [5.74, 6) is -1.65. The molecule has 5 aromatic rings. The van der Waals surface area contributed by atoms with Gasteiger partial charge in [0.2, 0.25) is 0 Å². The van der Waals surface area contributed by atoms with Gasteiger partial charge in [0.05, 0.1) is 5.56 Å². The maximum Gasteiger partial charge on any atom is 0.339 e. The van der Waals surface area contributed by atoms with E-state index in [9.17, 15) is 19.8 Å². The summed E-state index contributed by atoms with van der Waals surface area (Å²) in [6.07, 6.45) is 3.12. The molecule has 0 atom stereocenters. The number of aromatic carboxylic acids is 1. The molecular formula is C28H21N3O5. The normalized spacial score (nSPS) is 12.2. The van der Waals surface area contributed by atoms with Crippen molar-refractivity contribution < 1.29 is 24.9 Å². The minimum absolute atomic E-state index is 0.0425. The molecule has 1 aliphatic rings. The summed E-state index contributed by atoms with van der Waals surface area (Å²) in [4.78, 5) is 33.2. The summed E-state index contributed by atoms with van der Waals surface area (Å²) in [6, 6.07) is 21.6. The number of aromatic hydroxyl groups is 2. The predicted octanol–water partition coefficient (Wildman–Crippen LogP) is 4.74. The van der Waals surface area contributed by atoms with E-state index in [-0.39, 0.29) is 23.0 Å². The van der Waals surface area contributed by atoms with Crippen molar-refractivity contribution >= 4 is 33.7 Å². The molecule has 178 valence electrons. The number of carboxylic acid groups (broad SMARTS) is 1. The zero-order valence-electron chi connectivity index (χ0n) is 19.0. The molecule has 6 rings (SSSR count). The van der Waals surface area contributed by atoms with Crippen molar-refractivity contribution in [2.75, 3.05) is 0 Å². The second-order valence-corrected chi connectivity index (χ2v) is 8.31. The van der Waals surface area contributed by atoms with Crippen LogP contribution in [0.4, 0.5) is 0 Å². The standard InChI is InChI=1S/C18H14N2O2.C10H7NO3/c21-17-15(8-7-12-6-3-9-19-16(12)17)18(22)20-10-13-4-1-2-5-14(13)11-20;12-9-7(10(13)14)4-3-6-2-1-5-11-8(6)9/h1-9,21H,10-11H2;1-5,12H,(H,13,14). The largest absolute Gasteiger partial charge is 0.505 e. The topological polar surface area (TPSA) is 124 Å². The number of phenols is 2. The molecule has 1 aliphatic heterocycles. The molecule has 3 heterocycles. The molecule has 0 unspecified atom stereocenters. The molecule has 0 radical (unpaired) electrons. The van der Waals surface area contributed by atoms with Crippen molar-refractivity contribution in [3.63, 3.8) is 0 Å². The Morgan fingerprint density at radius 3 is 1.69 bits per heavy atom. The summed E-state index contributed by atoms with van der Waals surface area (Å²) < 4.78 is 0. The molecule has 0 fully saturated rings. The average molecular weight is 479 g/mol. The lowest BCUT2D eigenvalue weighted by molar-refractivity contribution is 0.0692. The van der Waals surface area contributed by atoms with E-state index in [2.05, 4.69) is 9.97 Å². The number of carbonyl (C=O) groups excluding carboxylic acids is 1. The van der Waals surface area contributed by atoms with Crippen LogP contribution in [-0.4, -0.2) is 42.1 Å². The van der Waals surface area contributed by atoms with Gasteiger partial charge in [-0.2, -0.15) is 0 Å². The zero-order valence-corrected chi connectivity index (χ0v) is 19.0. The lowest BCUT2D eigenvalue weighted by Gasteiger charge is -2.16. The fraction of sp³-hybridized carbons (Fsp3) is 0.0714. The van der Waals surface area contributed by atoms with Gasteiger partial charge in [0, 0.05) is 36.3 Å². The second-order valence-electron chi connectivity index (χ2n) is 8.31. The fourth-order valence-corrected chi connectivity index (χ4v) is 4.25. The number of carbonyl (C=O) groups is 2. The maximum absolute atomic E-state index is 12.7. The first-order valence-electron chi connectivity index (χ1n) is 11.2. The molecular weight excluding hydrogens is 458 g/mol. The third kappa shape index (κ3) is 4.16. The Balaban J connectivity index is 0.000000165. The summed E-state index contributed by atoms with van der Waals surface area (Å²) in [5.41, 5.74) is 3.27. The number of rotatable bonds is 2. The number of amides is 1. The van der Waals surface area contributed by atoms with E-state index in [0.717, 1.165) is 21.9 Å². The van der Waals surface area contributed by atoms with Crippen LogP contribution in [0.15, 0.2) is 85.2 Å². The molecule has 36 heavy (non-hydrogen) atoms. The maximum atomic E-state index is 12.7. The number of phenolic OH excluding ortho intramolecular Hbond substituents is 1. The predicted molar refractivity (Wildman–Crippen MR) is 134 cm³/mol. The number of benzene rings is 3. The van der Waals surface area contributed by atoms with Gasteiger partial charge in [0.15, 0.2) is 11.5 Å². The lowest BCUT2D eigenvalue weighted by atomic mass is 10.1. The molecule has 2 aromatic heterocycles. The quantitative estimate of drug-likeness (QED) is 0.334. The molecule has 1 amide bonds. The number of hydrogen-bond donors (Lipinski definition) is 3. The monoisotopic (exact) mass is 479 g/mol. The number of fused-ring (bicyclic) bond motifs is 3. The van der Waals surface area contributed by atoms with Crippen LogP contribution >= 0.6 is 0 Å². The fourth-order valence-electron chi connectivity index (χ4n) is 4.25. The van der Waals surface area contributed by atoms with E-state index in [1.165, 1.54) is 12.3 Å². The van der Waals surface area contributed by atoms with E-state index in [1.807, 2.05) is 36.4 Å². The molecule has 0 spiro atoms. The van der Waals surface area contributed by atoms with E-state index < -0.39 is 5.97 Å². The lowest BCUT2D eigenvalue weighted by Crippen LogP contribution is -2.25. The smallest absolute Gasteiger partial charge is 0.339 e. The number of pyridine rings is 2. The van der Waals surface area contributed by atoms with Crippen LogP contribution in [0.2, 0.25) is 0 Å². The molecule has 0 aliphatic carbocycles. The Morgan fingerprint density at radius 2 is 1.17 bits per heavy atom. The molecule has 8 nitrogen and oxygen atoms in total. The molecule has 3 aromatic carbocycles. The highest BCUT2D eigenvalue weighted by Crippen LogP contribution is 2.31. The minimum Gasteiger partial charge on any atom is -0.505 e. The highest BCUT2D eigenvalue weighted by molar-refractivity contribution is 6.02. The van der Waals surface area contributed by atoms with Crippen LogP contribution in [0, 0.1) is 0 Å². The van der Waals surface area contributed by atoms with Gasteiger partial charge in [-0.1, -0.05) is 48.5 Å². The number of hydrogen-bond acceptors (Lipinski definition) is 6. The SMILES string of the molecule is O=C(O)c1ccc2cccnc2c1O.O=C(c1ccc2cccnc2c1O)N1Cc2ccccc2C1. The van der Waals surface area contributed by atoms with Crippen molar-refractivity contribution in [3.8, 4) is 11.5 Å². The van der Waals surface area contributed by atoms with Gasteiger partial charge in [0.1, 0.15) is 16.6 Å². The highest BCUT2D eigenvalue weighted by Gasteiger charge is 2.26. The molecule has 3 N–H and O–H groups in total. The first-order chi connectivity index (χ1) is 17.4. The van der Waals surface area contributed by atoms with Gasteiger partial charge in [-0.3, -0.25) is 14.8 Å². The van der Waals surface area contributed by atoms with Crippen molar-refractivity contribution in [2.45, 2.75) is 13.1 Å². The summed E-state index contributed by atoms with van der Waals surface area (Å²) >= 11 is 0. The van der Waals surface area contributed by atoms with Crippen LogP contribution in [0.1, 0.15) is 31.8 Å².